The lowest BCUT2D eigenvalue weighted by Gasteiger charge is -2.15. The van der Waals surface area contributed by atoms with Gasteiger partial charge in [0.25, 0.3) is 5.95 Å². The van der Waals surface area contributed by atoms with E-state index < -0.39 is 23.9 Å². The maximum absolute atomic E-state index is 13.9. The van der Waals surface area contributed by atoms with Gasteiger partial charge in [-0.25, -0.2) is 28.9 Å². The summed E-state index contributed by atoms with van der Waals surface area (Å²) < 4.78 is 20.1. The molecule has 150 valence electrons. The van der Waals surface area contributed by atoms with E-state index in [9.17, 15) is 14.0 Å². The molecule has 0 aliphatic carbocycles. The van der Waals surface area contributed by atoms with Crippen molar-refractivity contribution in [3.63, 3.8) is 0 Å². The molecule has 1 aromatic carbocycles. The minimum absolute atomic E-state index is 0.185. The standard InChI is InChI=1S/C17H15BrFN7O3/c1-9(14-22-8-23-26(14)16-20-4-3-5-21-16)24-17(28)25-13-6-10(15(27)29-2)12(19)7-11(13)18/h3-9H,1-2H3,(H2,24,25,28). The maximum Gasteiger partial charge on any atom is 0.340 e. The summed E-state index contributed by atoms with van der Waals surface area (Å²) in [5, 5.41) is 9.31. The average Bonchev–Trinajstić information content (AvgIpc) is 3.20. The van der Waals surface area contributed by atoms with Gasteiger partial charge in [0.2, 0.25) is 0 Å². The number of hydrogen-bond donors (Lipinski definition) is 2. The van der Waals surface area contributed by atoms with E-state index in [2.05, 4.69) is 51.4 Å². The van der Waals surface area contributed by atoms with Gasteiger partial charge in [-0.05, 0) is 41.1 Å². The molecule has 10 nitrogen and oxygen atoms in total. The first-order chi connectivity index (χ1) is 13.9. The topological polar surface area (TPSA) is 124 Å². The highest BCUT2D eigenvalue weighted by molar-refractivity contribution is 9.10. The molecule has 2 amide bonds. The molecule has 0 aliphatic heterocycles. The smallest absolute Gasteiger partial charge is 0.340 e. The van der Waals surface area contributed by atoms with Crippen molar-refractivity contribution in [2.75, 3.05) is 12.4 Å². The number of carbonyl (C=O) groups excluding carboxylic acids is 2. The van der Waals surface area contributed by atoms with E-state index in [1.807, 2.05) is 0 Å². The molecule has 1 atom stereocenters. The van der Waals surface area contributed by atoms with Gasteiger partial charge in [-0.2, -0.15) is 9.78 Å². The zero-order chi connectivity index (χ0) is 21.0. The Morgan fingerprint density at radius 2 is 1.97 bits per heavy atom. The number of carbonyl (C=O) groups is 2. The molecule has 0 saturated heterocycles. The van der Waals surface area contributed by atoms with Gasteiger partial charge in [0, 0.05) is 16.9 Å². The molecule has 3 aromatic rings. The highest BCUT2D eigenvalue weighted by Gasteiger charge is 2.20. The van der Waals surface area contributed by atoms with Crippen LogP contribution >= 0.6 is 15.9 Å². The number of ether oxygens (including phenoxy) is 1. The molecule has 0 spiro atoms. The number of anilines is 1. The highest BCUT2D eigenvalue weighted by Crippen LogP contribution is 2.26. The molecule has 2 heterocycles. The number of aromatic nitrogens is 5. The van der Waals surface area contributed by atoms with Crippen LogP contribution in [0.2, 0.25) is 0 Å². The van der Waals surface area contributed by atoms with E-state index in [1.165, 1.54) is 17.1 Å². The van der Waals surface area contributed by atoms with Gasteiger partial charge in [-0.15, -0.1) is 0 Å². The number of amides is 2. The number of methoxy groups -OCH3 is 1. The van der Waals surface area contributed by atoms with Crippen LogP contribution < -0.4 is 10.6 Å². The number of nitrogens with zero attached hydrogens (tertiary/aromatic N) is 5. The molecule has 2 N–H and O–H groups in total. The molecular weight excluding hydrogens is 449 g/mol. The predicted octanol–water partition coefficient (Wildman–Crippen LogP) is 2.63. The molecule has 29 heavy (non-hydrogen) atoms. The van der Waals surface area contributed by atoms with Gasteiger partial charge in [-0.1, -0.05) is 0 Å². The van der Waals surface area contributed by atoms with Crippen LogP contribution in [0.1, 0.15) is 29.1 Å². The summed E-state index contributed by atoms with van der Waals surface area (Å²) in [6.07, 6.45) is 4.44. The van der Waals surface area contributed by atoms with Crippen molar-refractivity contribution in [3.8, 4) is 5.95 Å². The Bertz CT molecular complexity index is 1040. The second kappa shape index (κ2) is 8.73. The normalized spacial score (nSPS) is 11.6. The Balaban J connectivity index is 1.75. The lowest BCUT2D eigenvalue weighted by Crippen LogP contribution is -2.33. The second-order valence-electron chi connectivity index (χ2n) is 5.70. The Kier molecular flexibility index (Phi) is 6.12. The molecule has 1 unspecified atom stereocenters. The summed E-state index contributed by atoms with van der Waals surface area (Å²) in [7, 11) is 1.14. The van der Waals surface area contributed by atoms with Crippen LogP contribution in [0.3, 0.4) is 0 Å². The largest absolute Gasteiger partial charge is 0.465 e. The average molecular weight is 464 g/mol. The van der Waals surface area contributed by atoms with Crippen molar-refractivity contribution >= 4 is 33.6 Å². The number of halogens is 2. The third-order valence-corrected chi connectivity index (χ3v) is 4.42. The van der Waals surface area contributed by atoms with Crippen LogP contribution in [-0.2, 0) is 4.74 Å². The van der Waals surface area contributed by atoms with Crippen LogP contribution in [-0.4, -0.2) is 43.8 Å². The lowest BCUT2D eigenvalue weighted by molar-refractivity contribution is 0.0595. The van der Waals surface area contributed by atoms with E-state index in [0.29, 0.717) is 11.8 Å². The minimum Gasteiger partial charge on any atom is -0.465 e. The van der Waals surface area contributed by atoms with Crippen molar-refractivity contribution in [1.29, 1.82) is 0 Å². The number of rotatable bonds is 5. The van der Waals surface area contributed by atoms with Crippen LogP contribution in [0, 0.1) is 5.82 Å². The molecule has 3 rings (SSSR count). The van der Waals surface area contributed by atoms with Gasteiger partial charge in [0.05, 0.1) is 24.4 Å². The van der Waals surface area contributed by atoms with Gasteiger partial charge < -0.3 is 15.4 Å². The molecular formula is C17H15BrFN7O3. The molecule has 2 aromatic heterocycles. The Labute approximate surface area is 172 Å². The lowest BCUT2D eigenvalue weighted by atomic mass is 10.2. The Morgan fingerprint density at radius 1 is 1.24 bits per heavy atom. The number of hydrogen-bond acceptors (Lipinski definition) is 7. The third kappa shape index (κ3) is 4.54. The van der Waals surface area contributed by atoms with Crippen molar-refractivity contribution in [2.24, 2.45) is 0 Å². The first-order valence-corrected chi connectivity index (χ1v) is 9.02. The first kappa shape index (κ1) is 20.3. The molecule has 0 aliphatic rings. The summed E-state index contributed by atoms with van der Waals surface area (Å²) >= 11 is 3.15. The SMILES string of the molecule is COC(=O)c1cc(NC(=O)NC(C)c2ncnn2-c2ncccn2)c(Br)cc1F. The van der Waals surface area contributed by atoms with E-state index >= 15 is 0 Å². The zero-order valence-corrected chi connectivity index (χ0v) is 16.8. The number of esters is 1. The van der Waals surface area contributed by atoms with E-state index in [1.54, 1.807) is 25.4 Å². The van der Waals surface area contributed by atoms with Gasteiger partial charge in [0.1, 0.15) is 12.1 Å². The van der Waals surface area contributed by atoms with Gasteiger partial charge >= 0.3 is 12.0 Å². The first-order valence-electron chi connectivity index (χ1n) is 8.23. The fraction of sp³-hybridized carbons (Fsp3) is 0.176. The number of nitrogens with one attached hydrogen (secondary N) is 2. The van der Waals surface area contributed by atoms with Crippen LogP contribution in [0.25, 0.3) is 5.95 Å². The van der Waals surface area contributed by atoms with Crippen molar-refractivity contribution in [3.05, 3.63) is 58.6 Å². The van der Waals surface area contributed by atoms with E-state index in [4.69, 9.17) is 0 Å². The molecule has 12 heteroatoms. The minimum atomic E-state index is -0.859. The number of benzene rings is 1. The monoisotopic (exact) mass is 463 g/mol. The van der Waals surface area contributed by atoms with Crippen molar-refractivity contribution < 1.29 is 18.7 Å². The fourth-order valence-electron chi connectivity index (χ4n) is 2.43. The maximum atomic E-state index is 13.9. The summed E-state index contributed by atoms with van der Waals surface area (Å²) in [5.74, 6) is -0.931. The summed E-state index contributed by atoms with van der Waals surface area (Å²) in [6, 6.07) is 2.73. The van der Waals surface area contributed by atoms with Crippen LogP contribution in [0.15, 0.2) is 41.4 Å². The molecule has 0 saturated carbocycles. The van der Waals surface area contributed by atoms with E-state index in [0.717, 1.165) is 13.2 Å². The van der Waals surface area contributed by atoms with Gasteiger partial charge in [0.15, 0.2) is 5.82 Å². The summed E-state index contributed by atoms with van der Waals surface area (Å²) in [5.41, 5.74) is -0.121. The van der Waals surface area contributed by atoms with Crippen LogP contribution in [0.4, 0.5) is 14.9 Å². The fourth-order valence-corrected chi connectivity index (χ4v) is 2.85. The summed E-state index contributed by atoms with van der Waals surface area (Å²) in [6.45, 7) is 1.70. The second-order valence-corrected chi connectivity index (χ2v) is 6.56. The van der Waals surface area contributed by atoms with Crippen molar-refractivity contribution in [1.82, 2.24) is 30.0 Å². The summed E-state index contributed by atoms with van der Waals surface area (Å²) in [4.78, 5) is 36.4. The van der Waals surface area contributed by atoms with Crippen molar-refractivity contribution in [2.45, 2.75) is 13.0 Å². The third-order valence-electron chi connectivity index (χ3n) is 3.76. The Morgan fingerprint density at radius 3 is 2.66 bits per heavy atom. The number of urea groups is 1. The quantitative estimate of drug-likeness (QED) is 0.557. The van der Waals surface area contributed by atoms with Crippen LogP contribution in [0.5, 0.6) is 0 Å². The molecule has 0 fully saturated rings. The van der Waals surface area contributed by atoms with E-state index in [-0.39, 0.29) is 15.7 Å². The zero-order valence-electron chi connectivity index (χ0n) is 15.3. The molecule has 0 radical (unpaired) electrons. The Hall–Kier alpha value is -3.41. The predicted molar refractivity (Wildman–Crippen MR) is 103 cm³/mol. The van der Waals surface area contributed by atoms with Gasteiger partial charge in [-0.3, -0.25) is 0 Å². The highest BCUT2D eigenvalue weighted by atomic mass is 79.9. The molecule has 0 bridgehead atoms.